The number of nitriles is 1. The second kappa shape index (κ2) is 4.60. The zero-order chi connectivity index (χ0) is 15.2. The van der Waals surface area contributed by atoms with Gasteiger partial charge in [0, 0.05) is 17.8 Å². The van der Waals surface area contributed by atoms with Gasteiger partial charge in [0.2, 0.25) is 0 Å². The van der Waals surface area contributed by atoms with Crippen molar-refractivity contribution >= 4 is 5.70 Å². The predicted octanol–water partition coefficient (Wildman–Crippen LogP) is 2.92. The molecule has 1 spiro atoms. The molecule has 0 saturated heterocycles. The van der Waals surface area contributed by atoms with Gasteiger partial charge in [-0.3, -0.25) is 9.36 Å². The summed E-state index contributed by atoms with van der Waals surface area (Å²) in [6.07, 6.45) is 6.84. The third-order valence-electron chi connectivity index (χ3n) is 4.38. The van der Waals surface area contributed by atoms with Crippen LogP contribution in [0.15, 0.2) is 53.5 Å². The van der Waals surface area contributed by atoms with E-state index in [0.717, 1.165) is 36.3 Å². The molecule has 0 amide bonds. The highest BCUT2D eigenvalue weighted by atomic mass is 16.5. The van der Waals surface area contributed by atoms with Gasteiger partial charge in [-0.2, -0.15) is 5.26 Å². The van der Waals surface area contributed by atoms with Gasteiger partial charge < -0.3 is 4.74 Å². The molecule has 1 aromatic carbocycles. The number of benzene rings is 1. The van der Waals surface area contributed by atoms with Crippen molar-refractivity contribution in [3.05, 3.63) is 70.2 Å². The van der Waals surface area contributed by atoms with E-state index < -0.39 is 0 Å². The number of pyridine rings is 1. The standard InChI is InChI=1S/C18H14N2O2/c19-12-13-5-6-16-14(10-13)15(11-18(22-16)7-3-8-18)20-9-2-1-4-17(20)21/h1-2,4-6,9-11H,3,7-8H2. The molecule has 0 N–H and O–H groups in total. The number of fused-ring (bicyclic) bond motifs is 1. The van der Waals surface area contributed by atoms with E-state index in [9.17, 15) is 4.79 Å². The van der Waals surface area contributed by atoms with E-state index in [4.69, 9.17) is 10.00 Å². The van der Waals surface area contributed by atoms with Crippen LogP contribution >= 0.6 is 0 Å². The molecule has 2 heterocycles. The maximum absolute atomic E-state index is 12.2. The highest BCUT2D eigenvalue weighted by Crippen LogP contribution is 2.45. The number of nitrogens with zero attached hydrogens (tertiary/aromatic N) is 2. The highest BCUT2D eigenvalue weighted by molar-refractivity contribution is 5.75. The Bertz CT molecular complexity index is 882. The summed E-state index contributed by atoms with van der Waals surface area (Å²) >= 11 is 0. The first-order chi connectivity index (χ1) is 10.7. The van der Waals surface area contributed by atoms with E-state index in [2.05, 4.69) is 6.07 Å². The smallest absolute Gasteiger partial charge is 0.255 e. The molecule has 108 valence electrons. The van der Waals surface area contributed by atoms with Crippen molar-refractivity contribution < 1.29 is 4.74 Å². The molecule has 2 aromatic rings. The normalized spacial score (nSPS) is 17.7. The lowest BCUT2D eigenvalue weighted by molar-refractivity contribution is 0.0371. The molecular formula is C18H14N2O2. The van der Waals surface area contributed by atoms with Crippen molar-refractivity contribution in [2.75, 3.05) is 0 Å². The largest absolute Gasteiger partial charge is 0.482 e. The summed E-state index contributed by atoms with van der Waals surface area (Å²) < 4.78 is 7.77. The van der Waals surface area contributed by atoms with Gasteiger partial charge in [0.05, 0.1) is 17.3 Å². The molecule has 0 atom stereocenters. The van der Waals surface area contributed by atoms with Gasteiger partial charge in [-0.05, 0) is 49.6 Å². The molecular weight excluding hydrogens is 276 g/mol. The topological polar surface area (TPSA) is 55.0 Å². The third kappa shape index (κ3) is 1.86. The minimum atomic E-state index is -0.300. The van der Waals surface area contributed by atoms with Crippen LogP contribution in [-0.4, -0.2) is 10.2 Å². The average molecular weight is 290 g/mol. The molecule has 0 bridgehead atoms. The quantitative estimate of drug-likeness (QED) is 0.811. The lowest BCUT2D eigenvalue weighted by Crippen LogP contribution is -2.44. The van der Waals surface area contributed by atoms with Crippen molar-refractivity contribution in [2.45, 2.75) is 24.9 Å². The molecule has 1 aliphatic carbocycles. The van der Waals surface area contributed by atoms with Gasteiger partial charge in [0.25, 0.3) is 5.56 Å². The van der Waals surface area contributed by atoms with Crippen LogP contribution in [0.25, 0.3) is 5.70 Å². The van der Waals surface area contributed by atoms with E-state index >= 15 is 0 Å². The Hall–Kier alpha value is -2.80. The Morgan fingerprint density at radius 3 is 2.77 bits per heavy atom. The minimum Gasteiger partial charge on any atom is -0.482 e. The molecule has 1 aromatic heterocycles. The Kier molecular flexibility index (Phi) is 2.70. The summed E-state index contributed by atoms with van der Waals surface area (Å²) in [7, 11) is 0. The SMILES string of the molecule is N#Cc1ccc2c(c1)C(n1ccccc1=O)=CC1(CCC1)O2. The number of hydrogen-bond acceptors (Lipinski definition) is 3. The maximum atomic E-state index is 12.2. The van der Waals surface area contributed by atoms with Crippen molar-refractivity contribution in [3.8, 4) is 11.8 Å². The summed E-state index contributed by atoms with van der Waals surface area (Å²) in [6.45, 7) is 0. The van der Waals surface area contributed by atoms with Crippen molar-refractivity contribution in [1.82, 2.24) is 4.57 Å². The minimum absolute atomic E-state index is 0.0848. The Labute approximate surface area is 127 Å². The first kappa shape index (κ1) is 12.9. The zero-order valence-corrected chi connectivity index (χ0v) is 12.0. The van der Waals surface area contributed by atoms with Gasteiger partial charge in [-0.15, -0.1) is 0 Å². The molecule has 1 saturated carbocycles. The number of hydrogen-bond donors (Lipinski definition) is 0. The summed E-state index contributed by atoms with van der Waals surface area (Å²) in [4.78, 5) is 12.2. The lowest BCUT2D eigenvalue weighted by atomic mass is 9.77. The zero-order valence-electron chi connectivity index (χ0n) is 12.0. The van der Waals surface area contributed by atoms with Gasteiger partial charge in [-0.1, -0.05) is 6.07 Å². The summed E-state index contributed by atoms with van der Waals surface area (Å²) in [5.41, 5.74) is 1.78. The molecule has 22 heavy (non-hydrogen) atoms. The van der Waals surface area contributed by atoms with Crippen LogP contribution < -0.4 is 10.3 Å². The first-order valence-electron chi connectivity index (χ1n) is 7.35. The van der Waals surface area contributed by atoms with Crippen molar-refractivity contribution in [2.24, 2.45) is 0 Å². The van der Waals surface area contributed by atoms with Gasteiger partial charge >= 0.3 is 0 Å². The monoisotopic (exact) mass is 290 g/mol. The van der Waals surface area contributed by atoms with E-state index in [0.29, 0.717) is 5.56 Å². The fraction of sp³-hybridized carbons (Fsp3) is 0.222. The molecule has 0 unspecified atom stereocenters. The van der Waals surface area contributed by atoms with Crippen molar-refractivity contribution in [3.63, 3.8) is 0 Å². The van der Waals surface area contributed by atoms with Crippen LogP contribution in [0.4, 0.5) is 0 Å². The Morgan fingerprint density at radius 2 is 2.09 bits per heavy atom. The van der Waals surface area contributed by atoms with Crippen LogP contribution in [0.2, 0.25) is 0 Å². The van der Waals surface area contributed by atoms with E-state index in [1.165, 1.54) is 6.07 Å². The molecule has 2 aliphatic rings. The average Bonchev–Trinajstić information content (AvgIpc) is 2.52. The molecule has 1 aliphatic heterocycles. The fourth-order valence-electron chi connectivity index (χ4n) is 3.06. The fourth-order valence-corrected chi connectivity index (χ4v) is 3.06. The van der Waals surface area contributed by atoms with Crippen LogP contribution in [-0.2, 0) is 0 Å². The van der Waals surface area contributed by atoms with E-state index in [-0.39, 0.29) is 11.2 Å². The highest BCUT2D eigenvalue weighted by Gasteiger charge is 2.41. The maximum Gasteiger partial charge on any atom is 0.255 e. The van der Waals surface area contributed by atoms with Gasteiger partial charge in [0.1, 0.15) is 11.4 Å². The van der Waals surface area contributed by atoms with Crippen molar-refractivity contribution in [1.29, 1.82) is 5.26 Å². The number of ether oxygens (including phenoxy) is 1. The first-order valence-corrected chi connectivity index (χ1v) is 7.35. The van der Waals surface area contributed by atoms with E-state index in [1.807, 2.05) is 18.2 Å². The lowest BCUT2D eigenvalue weighted by Gasteiger charge is -2.43. The van der Waals surface area contributed by atoms with Gasteiger partial charge in [-0.25, -0.2) is 0 Å². The number of rotatable bonds is 1. The summed E-state index contributed by atoms with van der Waals surface area (Å²) in [6, 6.07) is 12.6. The third-order valence-corrected chi connectivity index (χ3v) is 4.38. The van der Waals surface area contributed by atoms with Crippen LogP contribution in [0.1, 0.15) is 30.4 Å². The van der Waals surface area contributed by atoms with Gasteiger partial charge in [0.15, 0.2) is 0 Å². The molecule has 1 fully saturated rings. The summed E-state index contributed by atoms with van der Waals surface area (Å²) in [5, 5.41) is 9.13. The number of aromatic nitrogens is 1. The van der Waals surface area contributed by atoms with E-state index in [1.54, 1.807) is 29.0 Å². The molecule has 4 heteroatoms. The van der Waals surface area contributed by atoms with Crippen LogP contribution in [0.3, 0.4) is 0 Å². The molecule has 4 rings (SSSR count). The second-order valence-electron chi connectivity index (χ2n) is 5.78. The second-order valence-corrected chi connectivity index (χ2v) is 5.78. The predicted molar refractivity (Wildman–Crippen MR) is 82.4 cm³/mol. The Morgan fingerprint density at radius 1 is 1.23 bits per heavy atom. The molecule has 4 nitrogen and oxygen atoms in total. The van der Waals surface area contributed by atoms with Crippen LogP contribution in [0, 0.1) is 11.3 Å². The van der Waals surface area contributed by atoms with Crippen LogP contribution in [0.5, 0.6) is 5.75 Å². The Balaban J connectivity index is 1.96. The molecule has 0 radical (unpaired) electrons. The summed E-state index contributed by atoms with van der Waals surface area (Å²) in [5.74, 6) is 0.743.